The third-order valence-corrected chi connectivity index (χ3v) is 5.42. The van der Waals surface area contributed by atoms with E-state index < -0.39 is 0 Å². The molecule has 0 aliphatic carbocycles. The average Bonchev–Trinajstić information content (AvgIpc) is 3.19. The van der Waals surface area contributed by atoms with Crippen molar-refractivity contribution < 1.29 is 0 Å². The second-order valence-corrected chi connectivity index (χ2v) is 7.35. The number of H-pyrrole nitrogens is 1. The van der Waals surface area contributed by atoms with Crippen molar-refractivity contribution in [3.63, 3.8) is 0 Å². The summed E-state index contributed by atoms with van der Waals surface area (Å²) in [7, 11) is 0. The summed E-state index contributed by atoms with van der Waals surface area (Å²) < 4.78 is 0. The van der Waals surface area contributed by atoms with Gasteiger partial charge in [0.1, 0.15) is 0 Å². The van der Waals surface area contributed by atoms with Gasteiger partial charge in [-0.25, -0.2) is 5.01 Å². The average molecular weight is 390 g/mol. The van der Waals surface area contributed by atoms with E-state index in [0.29, 0.717) is 0 Å². The molecule has 0 radical (unpaired) electrons. The summed E-state index contributed by atoms with van der Waals surface area (Å²) in [5, 5.41) is 9.35. The molecule has 146 valence electrons. The molecule has 0 spiro atoms. The van der Waals surface area contributed by atoms with Gasteiger partial charge in [-0.1, -0.05) is 61.5 Å². The Kier molecular flexibility index (Phi) is 4.78. The molecule has 0 amide bonds. The number of hydrogen-bond donors (Lipinski definition) is 1. The quantitative estimate of drug-likeness (QED) is 0.253. The van der Waals surface area contributed by atoms with E-state index in [1.54, 1.807) is 0 Å². The number of para-hydroxylation sites is 3. The second kappa shape index (κ2) is 7.88. The Morgan fingerprint density at radius 2 is 1.40 bits per heavy atom. The van der Waals surface area contributed by atoms with E-state index in [-0.39, 0.29) is 0 Å². The zero-order valence-electron chi connectivity index (χ0n) is 16.9. The van der Waals surface area contributed by atoms with E-state index >= 15 is 0 Å². The van der Waals surface area contributed by atoms with Crippen LogP contribution in [0.1, 0.15) is 18.1 Å². The molecular formula is C27H23N3. The summed E-state index contributed by atoms with van der Waals surface area (Å²) in [4.78, 5) is 3.59. The summed E-state index contributed by atoms with van der Waals surface area (Å²) >= 11 is 0. The third kappa shape index (κ3) is 3.35. The lowest BCUT2D eigenvalue weighted by atomic mass is 10.0. The number of nitrogens with one attached hydrogen (secondary N) is 1. The molecule has 0 bridgehead atoms. The molecule has 3 nitrogen and oxygen atoms in total. The first kappa shape index (κ1) is 18.2. The fraction of sp³-hybridized carbons (Fsp3) is 0.0741. The van der Waals surface area contributed by atoms with Crippen LogP contribution < -0.4 is 5.01 Å². The Balaban J connectivity index is 1.61. The zero-order valence-corrected chi connectivity index (χ0v) is 16.9. The van der Waals surface area contributed by atoms with Gasteiger partial charge in [-0.05, 0) is 60.0 Å². The number of hydrogen-bond acceptors (Lipinski definition) is 2. The van der Waals surface area contributed by atoms with Gasteiger partial charge in [-0.2, -0.15) is 5.10 Å². The Morgan fingerprint density at radius 3 is 2.07 bits per heavy atom. The minimum Gasteiger partial charge on any atom is -0.354 e. The van der Waals surface area contributed by atoms with Crippen LogP contribution >= 0.6 is 0 Å². The molecule has 30 heavy (non-hydrogen) atoms. The molecule has 0 aliphatic rings. The van der Waals surface area contributed by atoms with Crippen molar-refractivity contribution in [1.29, 1.82) is 0 Å². The molecule has 5 aromatic rings. The van der Waals surface area contributed by atoms with E-state index in [1.165, 1.54) is 27.4 Å². The van der Waals surface area contributed by atoms with E-state index in [1.807, 2.05) is 47.6 Å². The minimum absolute atomic E-state index is 0.964. The first-order valence-electron chi connectivity index (χ1n) is 10.3. The SMILES string of the molecule is CCc1cc(/C=N/N(c2ccccc2)c2ccccc2)cc2c1[nH]c1ccccc12. The lowest BCUT2D eigenvalue weighted by molar-refractivity contribution is 1.09. The fourth-order valence-electron chi connectivity index (χ4n) is 3.95. The highest BCUT2D eigenvalue weighted by atomic mass is 15.5. The molecular weight excluding hydrogens is 366 g/mol. The molecule has 0 fully saturated rings. The van der Waals surface area contributed by atoms with Gasteiger partial charge in [-0.3, -0.25) is 0 Å². The Morgan fingerprint density at radius 1 is 0.767 bits per heavy atom. The molecule has 1 heterocycles. The lowest BCUT2D eigenvalue weighted by Crippen LogP contribution is -2.09. The monoisotopic (exact) mass is 389 g/mol. The molecule has 0 atom stereocenters. The van der Waals surface area contributed by atoms with Crippen LogP contribution in [-0.2, 0) is 6.42 Å². The Labute approximate surface area is 176 Å². The molecule has 1 aromatic heterocycles. The maximum Gasteiger partial charge on any atom is 0.0652 e. The summed E-state index contributed by atoms with van der Waals surface area (Å²) in [6.07, 6.45) is 2.92. The van der Waals surface area contributed by atoms with Crippen molar-refractivity contribution in [3.8, 4) is 0 Å². The maximum absolute atomic E-state index is 4.88. The Bertz CT molecular complexity index is 1280. The van der Waals surface area contributed by atoms with Crippen LogP contribution in [0.4, 0.5) is 11.4 Å². The van der Waals surface area contributed by atoms with E-state index in [0.717, 1.165) is 23.4 Å². The van der Waals surface area contributed by atoms with Crippen molar-refractivity contribution in [2.45, 2.75) is 13.3 Å². The van der Waals surface area contributed by atoms with Gasteiger partial charge in [0.15, 0.2) is 0 Å². The van der Waals surface area contributed by atoms with Gasteiger partial charge in [0.25, 0.3) is 0 Å². The van der Waals surface area contributed by atoms with Crippen LogP contribution in [0.15, 0.2) is 102 Å². The van der Waals surface area contributed by atoms with Crippen LogP contribution in [0.25, 0.3) is 21.8 Å². The number of anilines is 2. The topological polar surface area (TPSA) is 31.4 Å². The van der Waals surface area contributed by atoms with Crippen LogP contribution in [0.3, 0.4) is 0 Å². The summed E-state index contributed by atoms with van der Waals surface area (Å²) in [6, 6.07) is 33.4. The largest absolute Gasteiger partial charge is 0.354 e. The number of rotatable bonds is 5. The van der Waals surface area contributed by atoms with Crippen molar-refractivity contribution in [2.75, 3.05) is 5.01 Å². The number of hydrazone groups is 1. The Hall–Kier alpha value is -3.85. The van der Waals surface area contributed by atoms with Crippen molar-refractivity contribution in [1.82, 2.24) is 4.98 Å². The minimum atomic E-state index is 0.964. The van der Waals surface area contributed by atoms with Gasteiger partial charge >= 0.3 is 0 Å². The van der Waals surface area contributed by atoms with Crippen molar-refractivity contribution in [3.05, 3.63) is 108 Å². The van der Waals surface area contributed by atoms with Gasteiger partial charge < -0.3 is 4.98 Å². The summed E-state index contributed by atoms with van der Waals surface area (Å²) in [6.45, 7) is 2.20. The highest BCUT2D eigenvalue weighted by Crippen LogP contribution is 2.30. The van der Waals surface area contributed by atoms with Gasteiger partial charge in [-0.15, -0.1) is 0 Å². The lowest BCUT2D eigenvalue weighted by Gasteiger charge is -2.19. The second-order valence-electron chi connectivity index (χ2n) is 7.35. The number of aromatic nitrogens is 1. The summed E-state index contributed by atoms with van der Waals surface area (Å²) in [5.74, 6) is 0. The molecule has 5 rings (SSSR count). The third-order valence-electron chi connectivity index (χ3n) is 5.42. The van der Waals surface area contributed by atoms with Crippen molar-refractivity contribution >= 4 is 39.4 Å². The van der Waals surface area contributed by atoms with Crippen LogP contribution in [-0.4, -0.2) is 11.2 Å². The van der Waals surface area contributed by atoms with E-state index in [2.05, 4.69) is 72.6 Å². The zero-order chi connectivity index (χ0) is 20.3. The predicted octanol–water partition coefficient (Wildman–Crippen LogP) is 7.06. The maximum atomic E-state index is 4.88. The molecule has 0 saturated carbocycles. The molecule has 3 heteroatoms. The number of aryl methyl sites for hydroxylation is 1. The highest BCUT2D eigenvalue weighted by Gasteiger charge is 2.10. The standard InChI is InChI=1S/C27H23N3/c1-2-21-17-20(18-25-24-15-9-10-16-26(24)29-27(21)25)19-28-30(22-11-5-3-6-12-22)23-13-7-4-8-14-23/h3-19,29H,2H2,1H3/b28-19+. The fourth-order valence-corrected chi connectivity index (χ4v) is 3.95. The first-order valence-corrected chi connectivity index (χ1v) is 10.3. The molecule has 1 N–H and O–H groups in total. The number of nitrogens with zero attached hydrogens (tertiary/aromatic N) is 2. The smallest absolute Gasteiger partial charge is 0.0652 e. The normalized spacial score (nSPS) is 11.5. The highest BCUT2D eigenvalue weighted by molar-refractivity contribution is 6.09. The van der Waals surface area contributed by atoms with E-state index in [4.69, 9.17) is 5.10 Å². The molecule has 4 aromatic carbocycles. The van der Waals surface area contributed by atoms with Crippen LogP contribution in [0.2, 0.25) is 0 Å². The van der Waals surface area contributed by atoms with Crippen molar-refractivity contribution in [2.24, 2.45) is 5.10 Å². The molecule has 0 saturated heterocycles. The summed E-state index contributed by atoms with van der Waals surface area (Å²) in [5.41, 5.74) is 6.86. The molecule has 0 aliphatic heterocycles. The van der Waals surface area contributed by atoms with E-state index in [9.17, 15) is 0 Å². The number of benzene rings is 4. The first-order chi connectivity index (χ1) is 14.8. The van der Waals surface area contributed by atoms with Crippen LogP contribution in [0, 0.1) is 0 Å². The van der Waals surface area contributed by atoms with Gasteiger partial charge in [0.05, 0.1) is 17.6 Å². The predicted molar refractivity (Wildman–Crippen MR) is 128 cm³/mol. The van der Waals surface area contributed by atoms with Gasteiger partial charge in [0, 0.05) is 21.8 Å². The molecule has 0 unspecified atom stereocenters. The number of fused-ring (bicyclic) bond motifs is 3. The number of aromatic amines is 1. The van der Waals surface area contributed by atoms with Crippen LogP contribution in [0.5, 0.6) is 0 Å². The van der Waals surface area contributed by atoms with Gasteiger partial charge in [0.2, 0.25) is 0 Å².